The van der Waals surface area contributed by atoms with Crippen LogP contribution in [0, 0.1) is 6.92 Å². The van der Waals surface area contributed by atoms with Crippen molar-refractivity contribution in [3.8, 4) is 11.4 Å². The van der Waals surface area contributed by atoms with Crippen LogP contribution >= 0.6 is 15.9 Å². The second-order valence-corrected chi connectivity index (χ2v) is 7.05. The topological polar surface area (TPSA) is 55.1 Å². The second-order valence-electron chi connectivity index (χ2n) is 6.20. The molecule has 0 saturated carbocycles. The summed E-state index contributed by atoms with van der Waals surface area (Å²) >= 11 is 3.57. The molecule has 0 bridgehead atoms. The summed E-state index contributed by atoms with van der Waals surface area (Å²) in [5.74, 6) is 0.585. The van der Waals surface area contributed by atoms with E-state index in [4.69, 9.17) is 4.98 Å². The van der Waals surface area contributed by atoms with Gasteiger partial charge in [-0.05, 0) is 47.0 Å². The zero-order chi connectivity index (χ0) is 18.1. The first-order chi connectivity index (χ1) is 12.6. The minimum Gasteiger partial charge on any atom is -0.348 e. The van der Waals surface area contributed by atoms with Gasteiger partial charge < -0.3 is 5.32 Å². The summed E-state index contributed by atoms with van der Waals surface area (Å²) in [7, 11) is 0. The fourth-order valence-corrected chi connectivity index (χ4v) is 3.36. The molecule has 0 fully saturated rings. The van der Waals surface area contributed by atoms with Gasteiger partial charge in [0.15, 0.2) is 0 Å². The third-order valence-electron chi connectivity index (χ3n) is 4.36. The Bertz CT molecular complexity index is 1060. The summed E-state index contributed by atoms with van der Waals surface area (Å²) < 4.78 is 2.88. The van der Waals surface area contributed by atoms with Crippen LogP contribution in [0.15, 0.2) is 65.5 Å². The minimum absolute atomic E-state index is 0.106. The molecule has 0 aliphatic rings. The maximum absolute atomic E-state index is 4.73. The molecule has 4 aromatic rings. The Morgan fingerprint density at radius 3 is 2.65 bits per heavy atom. The van der Waals surface area contributed by atoms with Gasteiger partial charge in [0.1, 0.15) is 11.3 Å². The van der Waals surface area contributed by atoms with Crippen molar-refractivity contribution in [3.05, 3.63) is 76.7 Å². The van der Waals surface area contributed by atoms with Crippen LogP contribution in [0.25, 0.3) is 17.0 Å². The highest BCUT2D eigenvalue weighted by molar-refractivity contribution is 9.10. The number of fused-ring (bicyclic) bond motifs is 1. The first-order valence-electron chi connectivity index (χ1n) is 8.40. The number of benzene rings is 1. The van der Waals surface area contributed by atoms with E-state index in [0.717, 1.165) is 27.1 Å². The average Bonchev–Trinajstić information content (AvgIpc) is 3.09. The van der Waals surface area contributed by atoms with Gasteiger partial charge >= 0.3 is 0 Å². The lowest BCUT2D eigenvalue weighted by molar-refractivity contribution is 0.860. The summed E-state index contributed by atoms with van der Waals surface area (Å²) in [5.41, 5.74) is 4.97. The van der Waals surface area contributed by atoms with Crippen LogP contribution in [0.2, 0.25) is 0 Å². The van der Waals surface area contributed by atoms with Gasteiger partial charge in [-0.25, -0.2) is 15.0 Å². The molecule has 4 rings (SSSR count). The largest absolute Gasteiger partial charge is 0.348 e. The highest BCUT2D eigenvalue weighted by atomic mass is 79.9. The maximum atomic E-state index is 4.73. The monoisotopic (exact) mass is 407 g/mol. The number of nitrogens with one attached hydrogen (secondary N) is 1. The van der Waals surface area contributed by atoms with Gasteiger partial charge in [-0.1, -0.05) is 36.4 Å². The lowest BCUT2D eigenvalue weighted by Gasteiger charge is -2.15. The molecule has 3 aromatic heterocycles. The Kier molecular flexibility index (Phi) is 4.42. The van der Waals surface area contributed by atoms with Crippen molar-refractivity contribution < 1.29 is 0 Å². The van der Waals surface area contributed by atoms with E-state index in [9.17, 15) is 0 Å². The van der Waals surface area contributed by atoms with Gasteiger partial charge in [-0.15, -0.1) is 0 Å². The number of anilines is 1. The Morgan fingerprint density at radius 2 is 1.85 bits per heavy atom. The molecule has 3 heterocycles. The Hall–Kier alpha value is -2.73. The smallest absolute Gasteiger partial charge is 0.223 e. The number of hydrogen-bond acceptors (Lipinski definition) is 4. The molecule has 26 heavy (non-hydrogen) atoms. The summed E-state index contributed by atoms with van der Waals surface area (Å²) in [5, 5.41) is 3.37. The third kappa shape index (κ3) is 3.08. The van der Waals surface area contributed by atoms with Crippen molar-refractivity contribution in [2.75, 3.05) is 5.32 Å². The van der Waals surface area contributed by atoms with Crippen molar-refractivity contribution in [1.82, 2.24) is 19.4 Å². The standard InChI is InChI=1S/C20H18BrN5/c1-13-7-6-10-26-17(12-22-19(13)26)18-16(21)11-23-20(25-18)24-14(2)15-8-4-3-5-9-15/h3-12,14H,1-2H3,(H,23,24,25)/t14-/m0/s1. The van der Waals surface area contributed by atoms with Gasteiger partial charge in [-0.3, -0.25) is 4.40 Å². The fourth-order valence-electron chi connectivity index (χ4n) is 2.96. The molecule has 0 unspecified atom stereocenters. The van der Waals surface area contributed by atoms with Crippen LogP contribution in [-0.2, 0) is 0 Å². The van der Waals surface area contributed by atoms with Gasteiger partial charge in [0.25, 0.3) is 0 Å². The zero-order valence-electron chi connectivity index (χ0n) is 14.5. The lowest BCUT2D eigenvalue weighted by Crippen LogP contribution is -2.10. The van der Waals surface area contributed by atoms with Crippen LogP contribution in [0.5, 0.6) is 0 Å². The first kappa shape index (κ1) is 16.7. The number of halogens is 1. The second kappa shape index (κ2) is 6.88. The fraction of sp³-hybridized carbons (Fsp3) is 0.150. The number of imidazole rings is 1. The quantitative estimate of drug-likeness (QED) is 0.514. The van der Waals surface area contributed by atoms with E-state index in [1.165, 1.54) is 5.56 Å². The van der Waals surface area contributed by atoms with E-state index in [2.05, 4.69) is 63.3 Å². The molecule has 0 saturated heterocycles. The summed E-state index contributed by atoms with van der Waals surface area (Å²) in [6.45, 7) is 4.15. The lowest BCUT2D eigenvalue weighted by atomic mass is 10.1. The Morgan fingerprint density at radius 1 is 1.04 bits per heavy atom. The summed E-state index contributed by atoms with van der Waals surface area (Å²) in [4.78, 5) is 13.7. The molecule has 6 heteroatoms. The van der Waals surface area contributed by atoms with E-state index >= 15 is 0 Å². The molecule has 5 nitrogen and oxygen atoms in total. The molecule has 1 N–H and O–H groups in total. The van der Waals surface area contributed by atoms with E-state index in [1.54, 1.807) is 6.20 Å². The van der Waals surface area contributed by atoms with Crippen molar-refractivity contribution in [2.24, 2.45) is 0 Å². The van der Waals surface area contributed by atoms with E-state index in [-0.39, 0.29) is 6.04 Å². The predicted molar refractivity (Wildman–Crippen MR) is 107 cm³/mol. The molecular weight excluding hydrogens is 390 g/mol. The Labute approximate surface area is 160 Å². The van der Waals surface area contributed by atoms with E-state index in [0.29, 0.717) is 5.95 Å². The molecule has 0 aliphatic heterocycles. The number of hydrogen-bond donors (Lipinski definition) is 1. The highest BCUT2D eigenvalue weighted by Crippen LogP contribution is 2.28. The number of aryl methyl sites for hydroxylation is 1. The van der Waals surface area contributed by atoms with Crippen molar-refractivity contribution in [1.29, 1.82) is 0 Å². The van der Waals surface area contributed by atoms with Crippen molar-refractivity contribution in [3.63, 3.8) is 0 Å². The number of rotatable bonds is 4. The van der Waals surface area contributed by atoms with E-state index < -0.39 is 0 Å². The number of aromatic nitrogens is 4. The van der Waals surface area contributed by atoms with Crippen LogP contribution in [-0.4, -0.2) is 19.4 Å². The van der Waals surface area contributed by atoms with E-state index in [1.807, 2.05) is 41.1 Å². The molecule has 0 spiro atoms. The third-order valence-corrected chi connectivity index (χ3v) is 4.94. The molecule has 0 radical (unpaired) electrons. The minimum atomic E-state index is 0.106. The predicted octanol–water partition coefficient (Wildman–Crippen LogP) is 5.04. The normalized spacial score (nSPS) is 12.3. The summed E-state index contributed by atoms with van der Waals surface area (Å²) in [6.07, 6.45) is 5.62. The molecule has 1 aromatic carbocycles. The van der Waals surface area contributed by atoms with Gasteiger partial charge in [0, 0.05) is 12.4 Å². The SMILES string of the molecule is Cc1cccn2c(-c3nc(N[C@@H](C)c4ccccc4)ncc3Br)cnc12. The van der Waals surface area contributed by atoms with Gasteiger partial charge in [0.05, 0.1) is 22.4 Å². The molecule has 1 atom stereocenters. The maximum Gasteiger partial charge on any atom is 0.223 e. The van der Waals surface area contributed by atoms with Crippen molar-refractivity contribution >= 4 is 27.5 Å². The van der Waals surface area contributed by atoms with Crippen LogP contribution in [0.1, 0.15) is 24.1 Å². The van der Waals surface area contributed by atoms with Crippen LogP contribution < -0.4 is 5.32 Å². The number of nitrogens with zero attached hydrogens (tertiary/aromatic N) is 4. The molecular formula is C20H18BrN5. The zero-order valence-corrected chi connectivity index (χ0v) is 16.1. The number of pyridine rings is 1. The Balaban J connectivity index is 1.71. The van der Waals surface area contributed by atoms with Crippen LogP contribution in [0.4, 0.5) is 5.95 Å². The highest BCUT2D eigenvalue weighted by Gasteiger charge is 2.14. The average molecular weight is 408 g/mol. The van der Waals surface area contributed by atoms with Crippen molar-refractivity contribution in [2.45, 2.75) is 19.9 Å². The van der Waals surface area contributed by atoms with Gasteiger partial charge in [0.2, 0.25) is 5.95 Å². The molecule has 0 aliphatic carbocycles. The molecule has 130 valence electrons. The van der Waals surface area contributed by atoms with Crippen LogP contribution in [0.3, 0.4) is 0 Å². The first-order valence-corrected chi connectivity index (χ1v) is 9.20. The summed E-state index contributed by atoms with van der Waals surface area (Å²) in [6, 6.07) is 14.4. The van der Waals surface area contributed by atoms with Gasteiger partial charge in [-0.2, -0.15) is 0 Å². The molecule has 0 amide bonds.